The van der Waals surface area contributed by atoms with E-state index < -0.39 is 0 Å². The fraction of sp³-hybridized carbons (Fsp3) is 0.348. The summed E-state index contributed by atoms with van der Waals surface area (Å²) in [6.07, 6.45) is 0.736. The molecule has 9 nitrogen and oxygen atoms in total. The lowest BCUT2D eigenvalue weighted by Crippen LogP contribution is -2.27. The first kappa shape index (κ1) is 24.8. The molecule has 4 N–H and O–H groups in total. The molecule has 0 heterocycles. The first-order valence-electron chi connectivity index (χ1n) is 10.3. The second kappa shape index (κ2) is 13.8. The van der Waals surface area contributed by atoms with Crippen LogP contribution < -0.4 is 21.3 Å². The van der Waals surface area contributed by atoms with E-state index in [4.69, 9.17) is 9.47 Å². The Kier molecular flexibility index (Phi) is 10.7. The number of carbonyl (C=O) groups is 3. The highest BCUT2D eigenvalue weighted by Crippen LogP contribution is 2.12. The number of methoxy groups -OCH3 is 2. The van der Waals surface area contributed by atoms with E-state index >= 15 is 0 Å². The molecule has 2 aromatic rings. The van der Waals surface area contributed by atoms with Crippen LogP contribution >= 0.6 is 0 Å². The number of anilines is 2. The van der Waals surface area contributed by atoms with E-state index in [-0.39, 0.29) is 24.3 Å². The minimum atomic E-state index is -0.253. The molecule has 2 aromatic carbocycles. The molecule has 3 amide bonds. The molecular formula is C23H30N4O5. The normalized spacial score (nSPS) is 10.3. The lowest BCUT2D eigenvalue weighted by molar-refractivity contribution is -0.114. The van der Waals surface area contributed by atoms with Crippen molar-refractivity contribution < 1.29 is 23.9 Å². The summed E-state index contributed by atoms with van der Waals surface area (Å²) in [4.78, 5) is 36.4. The van der Waals surface area contributed by atoms with Gasteiger partial charge in [0, 0.05) is 56.4 Å². The molecule has 2 rings (SSSR count). The standard InChI is InChI=1S/C23H30N4O5/c1-31-13-4-11-24-23(30)18-5-3-6-20(15-18)26-16-21(28)27-19-9-7-17(8-10-19)22(29)25-12-14-32-2/h3,5-10,15,26H,4,11-14,16H2,1-2H3,(H,24,30)(H,25,29)(H,27,28). The fourth-order valence-corrected chi connectivity index (χ4v) is 2.75. The zero-order valence-corrected chi connectivity index (χ0v) is 18.4. The lowest BCUT2D eigenvalue weighted by atomic mass is 10.2. The first-order chi connectivity index (χ1) is 15.5. The molecular weight excluding hydrogens is 412 g/mol. The molecule has 0 saturated heterocycles. The Morgan fingerprint density at radius 1 is 0.781 bits per heavy atom. The Hall–Kier alpha value is -3.43. The summed E-state index contributed by atoms with van der Waals surface area (Å²) in [5, 5.41) is 11.3. The average Bonchev–Trinajstić information content (AvgIpc) is 2.81. The topological polar surface area (TPSA) is 118 Å². The second-order valence-electron chi connectivity index (χ2n) is 6.91. The Balaban J connectivity index is 1.80. The van der Waals surface area contributed by atoms with Crippen molar-refractivity contribution in [3.05, 3.63) is 59.7 Å². The van der Waals surface area contributed by atoms with Gasteiger partial charge in [0.2, 0.25) is 5.91 Å². The van der Waals surface area contributed by atoms with Gasteiger partial charge >= 0.3 is 0 Å². The Morgan fingerprint density at radius 3 is 2.19 bits per heavy atom. The van der Waals surface area contributed by atoms with Gasteiger partial charge < -0.3 is 30.7 Å². The Labute approximate surface area is 187 Å². The SMILES string of the molecule is COCCCNC(=O)c1cccc(NCC(=O)Nc2ccc(C(=O)NCCOC)cc2)c1. The number of hydrogen-bond donors (Lipinski definition) is 4. The molecule has 0 aromatic heterocycles. The van der Waals surface area contributed by atoms with Crippen molar-refractivity contribution in [3.63, 3.8) is 0 Å². The number of nitrogens with one attached hydrogen (secondary N) is 4. The van der Waals surface area contributed by atoms with Gasteiger partial charge in [0.25, 0.3) is 11.8 Å². The summed E-state index contributed by atoms with van der Waals surface area (Å²) in [5.41, 5.74) is 2.24. The van der Waals surface area contributed by atoms with E-state index in [1.54, 1.807) is 62.8 Å². The van der Waals surface area contributed by atoms with Crippen molar-refractivity contribution in [2.45, 2.75) is 6.42 Å². The summed E-state index contributed by atoms with van der Waals surface area (Å²) in [6, 6.07) is 13.5. The van der Waals surface area contributed by atoms with Crippen LogP contribution in [0.15, 0.2) is 48.5 Å². The van der Waals surface area contributed by atoms with Crippen molar-refractivity contribution in [1.29, 1.82) is 0 Å². The van der Waals surface area contributed by atoms with E-state index in [0.29, 0.717) is 48.8 Å². The second-order valence-corrected chi connectivity index (χ2v) is 6.91. The van der Waals surface area contributed by atoms with Crippen LogP contribution in [-0.2, 0) is 14.3 Å². The molecule has 9 heteroatoms. The maximum Gasteiger partial charge on any atom is 0.251 e. The third kappa shape index (κ3) is 8.75. The molecule has 0 bridgehead atoms. The number of rotatable bonds is 13. The molecule has 0 aliphatic heterocycles. The summed E-state index contributed by atoms with van der Waals surface area (Å²) < 4.78 is 9.85. The fourth-order valence-electron chi connectivity index (χ4n) is 2.75. The maximum absolute atomic E-state index is 12.2. The Morgan fingerprint density at radius 2 is 1.47 bits per heavy atom. The van der Waals surface area contributed by atoms with Gasteiger partial charge in [-0.2, -0.15) is 0 Å². The lowest BCUT2D eigenvalue weighted by Gasteiger charge is -2.10. The van der Waals surface area contributed by atoms with Gasteiger partial charge in [-0.15, -0.1) is 0 Å². The molecule has 0 radical (unpaired) electrons. The highest BCUT2D eigenvalue weighted by molar-refractivity contribution is 5.97. The summed E-state index contributed by atoms with van der Waals surface area (Å²) in [5.74, 6) is -0.638. The third-order valence-electron chi connectivity index (χ3n) is 4.41. The van der Waals surface area contributed by atoms with Gasteiger partial charge in [-0.3, -0.25) is 14.4 Å². The molecule has 0 saturated carbocycles. The van der Waals surface area contributed by atoms with Crippen LogP contribution in [0.4, 0.5) is 11.4 Å². The number of benzene rings is 2. The van der Waals surface area contributed by atoms with E-state index in [2.05, 4.69) is 21.3 Å². The third-order valence-corrected chi connectivity index (χ3v) is 4.41. The highest BCUT2D eigenvalue weighted by atomic mass is 16.5. The van der Waals surface area contributed by atoms with Gasteiger partial charge in [-0.25, -0.2) is 0 Å². The van der Waals surface area contributed by atoms with E-state index in [1.807, 2.05) is 0 Å². The molecule has 0 atom stereocenters. The van der Waals surface area contributed by atoms with E-state index in [9.17, 15) is 14.4 Å². The van der Waals surface area contributed by atoms with Crippen molar-refractivity contribution in [2.24, 2.45) is 0 Å². The first-order valence-corrected chi connectivity index (χ1v) is 10.3. The van der Waals surface area contributed by atoms with Gasteiger partial charge in [0.15, 0.2) is 0 Å². The maximum atomic E-state index is 12.2. The van der Waals surface area contributed by atoms with E-state index in [0.717, 1.165) is 6.42 Å². The van der Waals surface area contributed by atoms with Crippen LogP contribution in [0.1, 0.15) is 27.1 Å². The zero-order valence-electron chi connectivity index (χ0n) is 18.4. The molecule has 0 unspecified atom stereocenters. The zero-order chi connectivity index (χ0) is 23.2. The average molecular weight is 443 g/mol. The monoisotopic (exact) mass is 442 g/mol. The number of amides is 3. The van der Waals surface area contributed by atoms with Gasteiger partial charge in [-0.1, -0.05) is 6.07 Å². The number of carbonyl (C=O) groups excluding carboxylic acids is 3. The predicted octanol–water partition coefficient (Wildman–Crippen LogP) is 1.88. The smallest absolute Gasteiger partial charge is 0.251 e. The predicted molar refractivity (Wildman–Crippen MR) is 123 cm³/mol. The van der Waals surface area contributed by atoms with Crippen LogP contribution in [0, 0.1) is 0 Å². The van der Waals surface area contributed by atoms with Crippen LogP contribution in [0.25, 0.3) is 0 Å². The Bertz CT molecular complexity index is 886. The minimum absolute atomic E-state index is 0.0260. The summed E-state index contributed by atoms with van der Waals surface area (Å²) >= 11 is 0. The van der Waals surface area contributed by atoms with E-state index in [1.165, 1.54) is 0 Å². The van der Waals surface area contributed by atoms with Crippen molar-refractivity contribution in [2.75, 3.05) is 57.7 Å². The molecule has 172 valence electrons. The largest absolute Gasteiger partial charge is 0.385 e. The molecule has 0 aliphatic rings. The quantitative estimate of drug-likeness (QED) is 0.352. The molecule has 32 heavy (non-hydrogen) atoms. The highest BCUT2D eigenvalue weighted by Gasteiger charge is 2.08. The van der Waals surface area contributed by atoms with Crippen LogP contribution in [0.3, 0.4) is 0 Å². The van der Waals surface area contributed by atoms with Crippen LogP contribution in [0.5, 0.6) is 0 Å². The molecule has 0 aliphatic carbocycles. The van der Waals surface area contributed by atoms with Crippen molar-refractivity contribution in [1.82, 2.24) is 10.6 Å². The van der Waals surface area contributed by atoms with Crippen molar-refractivity contribution in [3.8, 4) is 0 Å². The van der Waals surface area contributed by atoms with Crippen LogP contribution in [-0.4, -0.2) is 64.8 Å². The summed E-state index contributed by atoms with van der Waals surface area (Å²) in [7, 11) is 3.18. The van der Waals surface area contributed by atoms with Crippen molar-refractivity contribution >= 4 is 29.1 Å². The summed E-state index contributed by atoms with van der Waals surface area (Å²) in [6.45, 7) is 2.00. The van der Waals surface area contributed by atoms with Crippen LogP contribution in [0.2, 0.25) is 0 Å². The van der Waals surface area contributed by atoms with Gasteiger partial charge in [0.1, 0.15) is 0 Å². The van der Waals surface area contributed by atoms with Gasteiger partial charge in [-0.05, 0) is 48.9 Å². The van der Waals surface area contributed by atoms with Gasteiger partial charge in [0.05, 0.1) is 13.2 Å². The number of hydrogen-bond acceptors (Lipinski definition) is 6. The minimum Gasteiger partial charge on any atom is -0.385 e. The number of ether oxygens (including phenoxy) is 2. The molecule has 0 fully saturated rings. The molecule has 0 spiro atoms.